The molecule has 1 aliphatic rings. The molecule has 1 N–H and O–H groups in total. The van der Waals surface area contributed by atoms with Gasteiger partial charge in [0.15, 0.2) is 0 Å². The average Bonchev–Trinajstić information content (AvgIpc) is 2.58. The first-order chi connectivity index (χ1) is 6.67. The summed E-state index contributed by atoms with van der Waals surface area (Å²) in [5, 5.41) is 6.91. The van der Waals surface area contributed by atoms with Crippen LogP contribution in [-0.2, 0) is 0 Å². The van der Waals surface area contributed by atoms with Gasteiger partial charge in [0.1, 0.15) is 0 Å². The maximum atomic E-state index is 3.97. The lowest BCUT2D eigenvalue weighted by Crippen LogP contribution is -2.00. The second-order valence-corrected chi connectivity index (χ2v) is 3.73. The predicted molar refractivity (Wildman–Crippen MR) is 61.8 cm³/mol. The second-order valence-electron chi connectivity index (χ2n) is 3.73. The van der Waals surface area contributed by atoms with Crippen LogP contribution in [0.1, 0.15) is 39.0 Å². The van der Waals surface area contributed by atoms with Gasteiger partial charge < -0.3 is 0 Å². The molecule has 1 aliphatic carbocycles. The maximum Gasteiger partial charge on any atom is 0.0647 e. The molecule has 14 heavy (non-hydrogen) atoms. The molecule has 76 valence electrons. The van der Waals surface area contributed by atoms with Crippen LogP contribution in [0.25, 0.3) is 12.2 Å². The lowest BCUT2D eigenvalue weighted by molar-refractivity contribution is 0.633. The molecule has 1 aromatic rings. The molecule has 0 saturated carbocycles. The van der Waals surface area contributed by atoms with Gasteiger partial charge in [-0.2, -0.15) is 5.10 Å². The molecule has 0 aliphatic heterocycles. The molecule has 0 saturated heterocycles. The molecule has 0 amide bonds. The van der Waals surface area contributed by atoms with E-state index in [1.165, 1.54) is 0 Å². The highest BCUT2D eigenvalue weighted by atomic mass is 15.1. The van der Waals surface area contributed by atoms with E-state index in [1.54, 1.807) is 0 Å². The number of hydrogen-bond acceptors (Lipinski definition) is 1. The Hall–Kier alpha value is -1.31. The number of aromatic amines is 1. The second kappa shape index (κ2) is 4.27. The minimum atomic E-state index is 0.153. The van der Waals surface area contributed by atoms with Gasteiger partial charge in [0, 0.05) is 11.0 Å². The molecular formula is C12H18N2. The standard InChI is InChI=1S/C10H12N2.C2H6/c1-10(2)5-3-8-7-11-12-9(8)4-6-10;1-2/h3-7H,1-2H3,(H,11,12);1-2H3. The first kappa shape index (κ1) is 10.8. The van der Waals surface area contributed by atoms with Gasteiger partial charge in [-0.15, -0.1) is 0 Å². The summed E-state index contributed by atoms with van der Waals surface area (Å²) in [7, 11) is 0. The fourth-order valence-electron chi connectivity index (χ4n) is 1.23. The van der Waals surface area contributed by atoms with Crippen molar-refractivity contribution in [1.29, 1.82) is 0 Å². The van der Waals surface area contributed by atoms with E-state index in [2.05, 4.69) is 48.3 Å². The van der Waals surface area contributed by atoms with E-state index in [4.69, 9.17) is 0 Å². The number of fused-ring (bicyclic) bond motifs is 1. The van der Waals surface area contributed by atoms with Gasteiger partial charge in [0.2, 0.25) is 0 Å². The Labute approximate surface area is 85.7 Å². The van der Waals surface area contributed by atoms with E-state index in [0.717, 1.165) is 11.3 Å². The summed E-state index contributed by atoms with van der Waals surface area (Å²) in [6, 6.07) is 0. The third-order valence-corrected chi connectivity index (χ3v) is 2.07. The van der Waals surface area contributed by atoms with Gasteiger partial charge in [-0.1, -0.05) is 45.9 Å². The zero-order chi connectivity index (χ0) is 10.6. The van der Waals surface area contributed by atoms with E-state index in [9.17, 15) is 0 Å². The molecule has 2 nitrogen and oxygen atoms in total. The minimum absolute atomic E-state index is 0.153. The Morgan fingerprint density at radius 3 is 2.50 bits per heavy atom. The van der Waals surface area contributed by atoms with Crippen LogP contribution in [0.3, 0.4) is 0 Å². The molecule has 1 heterocycles. The summed E-state index contributed by atoms with van der Waals surface area (Å²) in [5.74, 6) is 0. The quantitative estimate of drug-likeness (QED) is 0.666. The van der Waals surface area contributed by atoms with Crippen LogP contribution in [0.4, 0.5) is 0 Å². The lowest BCUT2D eigenvalue weighted by atomic mass is 9.93. The number of aromatic nitrogens is 2. The average molecular weight is 190 g/mol. The largest absolute Gasteiger partial charge is 0.278 e. The highest BCUT2D eigenvalue weighted by Gasteiger charge is 2.12. The number of rotatable bonds is 0. The van der Waals surface area contributed by atoms with Crippen LogP contribution >= 0.6 is 0 Å². The molecule has 2 heteroatoms. The van der Waals surface area contributed by atoms with Gasteiger partial charge in [0.05, 0.1) is 11.9 Å². The van der Waals surface area contributed by atoms with Gasteiger partial charge in [0.25, 0.3) is 0 Å². The van der Waals surface area contributed by atoms with Crippen molar-refractivity contribution in [2.45, 2.75) is 27.7 Å². The first-order valence-corrected chi connectivity index (χ1v) is 5.09. The number of allylic oxidation sites excluding steroid dienone is 2. The normalized spacial score (nSPS) is 16.6. The third kappa shape index (κ3) is 2.34. The highest BCUT2D eigenvalue weighted by Crippen LogP contribution is 2.26. The summed E-state index contributed by atoms with van der Waals surface area (Å²) >= 11 is 0. The number of nitrogens with zero attached hydrogens (tertiary/aromatic N) is 1. The fraction of sp³-hybridized carbons (Fsp3) is 0.417. The SMILES string of the molecule is CC.CC1(C)C=Cc2cn[nH]c2C=C1. The maximum absolute atomic E-state index is 3.97. The predicted octanol–water partition coefficient (Wildman–Crippen LogP) is 3.50. The van der Waals surface area contributed by atoms with Crippen LogP contribution in [0.2, 0.25) is 0 Å². The van der Waals surface area contributed by atoms with E-state index >= 15 is 0 Å². The Kier molecular flexibility index (Phi) is 3.28. The van der Waals surface area contributed by atoms with Crippen LogP contribution in [0.15, 0.2) is 18.3 Å². The Morgan fingerprint density at radius 1 is 1.14 bits per heavy atom. The number of nitrogens with one attached hydrogen (secondary N) is 1. The summed E-state index contributed by atoms with van der Waals surface area (Å²) < 4.78 is 0. The molecule has 0 unspecified atom stereocenters. The highest BCUT2D eigenvalue weighted by molar-refractivity contribution is 5.65. The van der Waals surface area contributed by atoms with E-state index in [0.29, 0.717) is 0 Å². The Bertz CT molecular complexity index is 312. The van der Waals surface area contributed by atoms with Crippen LogP contribution in [0, 0.1) is 5.41 Å². The van der Waals surface area contributed by atoms with Gasteiger partial charge in [-0.3, -0.25) is 5.10 Å². The molecule has 2 rings (SSSR count). The Balaban J connectivity index is 0.000000461. The summed E-state index contributed by atoms with van der Waals surface area (Å²) in [4.78, 5) is 0. The fourth-order valence-corrected chi connectivity index (χ4v) is 1.23. The summed E-state index contributed by atoms with van der Waals surface area (Å²) in [6.45, 7) is 8.36. The van der Waals surface area contributed by atoms with Crippen molar-refractivity contribution in [1.82, 2.24) is 10.2 Å². The van der Waals surface area contributed by atoms with E-state index in [-0.39, 0.29) is 5.41 Å². The molecule has 0 fully saturated rings. The molecule has 1 aromatic heterocycles. The topological polar surface area (TPSA) is 28.7 Å². The molecule has 0 aromatic carbocycles. The van der Waals surface area contributed by atoms with Crippen LogP contribution in [-0.4, -0.2) is 10.2 Å². The third-order valence-electron chi connectivity index (χ3n) is 2.07. The van der Waals surface area contributed by atoms with Crippen molar-refractivity contribution in [2.75, 3.05) is 0 Å². The molecule has 0 spiro atoms. The van der Waals surface area contributed by atoms with E-state index < -0.39 is 0 Å². The lowest BCUT2D eigenvalue weighted by Gasteiger charge is -2.11. The first-order valence-electron chi connectivity index (χ1n) is 5.09. The number of H-pyrrole nitrogens is 1. The van der Waals surface area contributed by atoms with Crippen molar-refractivity contribution in [3.05, 3.63) is 29.6 Å². The molecular weight excluding hydrogens is 172 g/mol. The molecule has 0 radical (unpaired) electrons. The van der Waals surface area contributed by atoms with Gasteiger partial charge in [-0.25, -0.2) is 0 Å². The van der Waals surface area contributed by atoms with E-state index in [1.807, 2.05) is 20.0 Å². The van der Waals surface area contributed by atoms with Crippen molar-refractivity contribution in [3.63, 3.8) is 0 Å². The smallest absolute Gasteiger partial charge is 0.0647 e. The van der Waals surface area contributed by atoms with Gasteiger partial charge in [-0.05, 0) is 6.08 Å². The van der Waals surface area contributed by atoms with Gasteiger partial charge >= 0.3 is 0 Å². The zero-order valence-electron chi connectivity index (χ0n) is 9.33. The Morgan fingerprint density at radius 2 is 1.79 bits per heavy atom. The van der Waals surface area contributed by atoms with Crippen molar-refractivity contribution < 1.29 is 0 Å². The van der Waals surface area contributed by atoms with Crippen LogP contribution < -0.4 is 0 Å². The van der Waals surface area contributed by atoms with Crippen molar-refractivity contribution in [2.24, 2.45) is 5.41 Å². The minimum Gasteiger partial charge on any atom is -0.278 e. The molecule has 0 atom stereocenters. The van der Waals surface area contributed by atoms with Crippen LogP contribution in [0.5, 0.6) is 0 Å². The zero-order valence-corrected chi connectivity index (χ0v) is 9.33. The summed E-state index contributed by atoms with van der Waals surface area (Å²) in [5.41, 5.74) is 2.41. The number of hydrogen-bond donors (Lipinski definition) is 1. The van der Waals surface area contributed by atoms with Crippen molar-refractivity contribution in [3.8, 4) is 0 Å². The molecule has 0 bridgehead atoms. The summed E-state index contributed by atoms with van der Waals surface area (Å²) in [6.07, 6.45) is 10.4. The monoisotopic (exact) mass is 190 g/mol. The van der Waals surface area contributed by atoms with Crippen molar-refractivity contribution >= 4 is 12.2 Å².